The van der Waals surface area contributed by atoms with Gasteiger partial charge in [0.25, 0.3) is 0 Å². The van der Waals surface area contributed by atoms with Crippen LogP contribution in [0.2, 0.25) is 0 Å². The Kier molecular flexibility index (Phi) is 3.36. The van der Waals surface area contributed by atoms with Crippen molar-refractivity contribution in [2.24, 2.45) is 0 Å². The number of hydrogen-bond acceptors (Lipinski definition) is 4. The van der Waals surface area contributed by atoms with Gasteiger partial charge < -0.3 is 5.32 Å². The highest BCUT2D eigenvalue weighted by molar-refractivity contribution is 7.99. The first-order valence-corrected chi connectivity index (χ1v) is 7.96. The summed E-state index contributed by atoms with van der Waals surface area (Å²) in [5, 5.41) is 4.84. The van der Waals surface area contributed by atoms with Crippen LogP contribution in [-0.2, 0) is 6.42 Å². The minimum absolute atomic E-state index is 0.606. The summed E-state index contributed by atoms with van der Waals surface area (Å²) < 4.78 is 1.32. The molecule has 4 heteroatoms. The lowest BCUT2D eigenvalue weighted by Gasteiger charge is -2.21. The van der Waals surface area contributed by atoms with Crippen LogP contribution < -0.4 is 5.32 Å². The van der Waals surface area contributed by atoms with E-state index in [9.17, 15) is 0 Å². The second-order valence-corrected chi connectivity index (χ2v) is 6.72. The van der Waals surface area contributed by atoms with Gasteiger partial charge in [0.1, 0.15) is 0 Å². The lowest BCUT2D eigenvalue weighted by molar-refractivity contribution is 0.562. The topological polar surface area (TPSA) is 24.9 Å². The summed E-state index contributed by atoms with van der Waals surface area (Å²) in [5.41, 5.74) is 2.48. The average Bonchev–Trinajstić information content (AvgIpc) is 2.74. The maximum absolute atomic E-state index is 4.78. The third-order valence-corrected chi connectivity index (χ3v) is 5.26. The summed E-state index contributed by atoms with van der Waals surface area (Å²) >= 11 is 3.89. The van der Waals surface area contributed by atoms with E-state index in [-0.39, 0.29) is 0 Å². The SMILES string of the molecule is Cc1cccc2sc(CC3CSCCN3)nc12. The van der Waals surface area contributed by atoms with Gasteiger partial charge in [-0.3, -0.25) is 0 Å². The number of nitrogens with zero attached hydrogens (tertiary/aromatic N) is 1. The number of para-hydroxylation sites is 1. The van der Waals surface area contributed by atoms with Crippen molar-refractivity contribution in [1.29, 1.82) is 0 Å². The van der Waals surface area contributed by atoms with Gasteiger partial charge in [-0.15, -0.1) is 11.3 Å². The largest absolute Gasteiger partial charge is 0.312 e. The zero-order chi connectivity index (χ0) is 11.7. The third-order valence-electron chi connectivity index (χ3n) is 3.08. The van der Waals surface area contributed by atoms with Crippen LogP contribution in [0, 0.1) is 6.92 Å². The van der Waals surface area contributed by atoms with Gasteiger partial charge >= 0.3 is 0 Å². The molecule has 90 valence electrons. The van der Waals surface area contributed by atoms with Crippen LogP contribution in [0.4, 0.5) is 0 Å². The molecule has 1 aromatic heterocycles. The third kappa shape index (κ3) is 2.49. The highest BCUT2D eigenvalue weighted by Crippen LogP contribution is 2.26. The van der Waals surface area contributed by atoms with E-state index in [1.54, 1.807) is 0 Å². The fourth-order valence-corrected chi connectivity index (χ4v) is 4.26. The molecule has 0 bridgehead atoms. The lowest BCUT2D eigenvalue weighted by atomic mass is 10.2. The van der Waals surface area contributed by atoms with Crippen LogP contribution in [0.5, 0.6) is 0 Å². The first-order chi connectivity index (χ1) is 8.33. The Hall–Kier alpha value is -0.580. The average molecular weight is 264 g/mol. The first-order valence-electron chi connectivity index (χ1n) is 5.99. The van der Waals surface area contributed by atoms with Gasteiger partial charge in [-0.25, -0.2) is 4.98 Å². The van der Waals surface area contributed by atoms with Gasteiger partial charge in [0.05, 0.1) is 15.2 Å². The minimum Gasteiger partial charge on any atom is -0.312 e. The first kappa shape index (κ1) is 11.5. The number of thioether (sulfide) groups is 1. The van der Waals surface area contributed by atoms with Crippen molar-refractivity contribution in [3.63, 3.8) is 0 Å². The molecule has 0 aliphatic carbocycles. The Balaban J connectivity index is 1.83. The van der Waals surface area contributed by atoms with Crippen LogP contribution in [-0.4, -0.2) is 29.1 Å². The molecule has 0 spiro atoms. The van der Waals surface area contributed by atoms with E-state index in [2.05, 4.69) is 30.4 Å². The normalized spacial score (nSPS) is 20.9. The number of aryl methyl sites for hydroxylation is 1. The molecule has 2 heterocycles. The smallest absolute Gasteiger partial charge is 0.0954 e. The summed E-state index contributed by atoms with van der Waals surface area (Å²) in [6, 6.07) is 7.04. The Morgan fingerprint density at radius 1 is 1.47 bits per heavy atom. The molecule has 0 radical (unpaired) electrons. The molecule has 1 atom stereocenters. The van der Waals surface area contributed by atoms with E-state index in [0.717, 1.165) is 13.0 Å². The Bertz CT molecular complexity index is 515. The molecule has 2 aromatic rings. The van der Waals surface area contributed by atoms with Crippen LogP contribution in [0.3, 0.4) is 0 Å². The van der Waals surface area contributed by atoms with E-state index in [1.165, 1.54) is 32.3 Å². The molecule has 1 aromatic carbocycles. The van der Waals surface area contributed by atoms with Crippen LogP contribution in [0.15, 0.2) is 18.2 Å². The molecule has 2 nitrogen and oxygen atoms in total. The molecule has 1 fully saturated rings. The number of nitrogens with one attached hydrogen (secondary N) is 1. The number of thiazole rings is 1. The standard InChI is InChI=1S/C13H16N2S2/c1-9-3-2-4-11-13(9)15-12(17-11)7-10-8-16-6-5-14-10/h2-4,10,14H,5-8H2,1H3. The number of rotatable bonds is 2. The summed E-state index contributed by atoms with van der Waals surface area (Å²) in [7, 11) is 0. The maximum Gasteiger partial charge on any atom is 0.0954 e. The van der Waals surface area contributed by atoms with Crippen LogP contribution in [0.25, 0.3) is 10.2 Å². The molecular weight excluding hydrogens is 248 g/mol. The second-order valence-electron chi connectivity index (χ2n) is 4.46. The van der Waals surface area contributed by atoms with E-state index in [4.69, 9.17) is 4.98 Å². The highest BCUT2D eigenvalue weighted by Gasteiger charge is 2.15. The van der Waals surface area contributed by atoms with Gasteiger partial charge in [-0.2, -0.15) is 11.8 Å². The number of aromatic nitrogens is 1. The number of benzene rings is 1. The predicted octanol–water partition coefficient (Wildman–Crippen LogP) is 2.85. The molecular formula is C13H16N2S2. The monoisotopic (exact) mass is 264 g/mol. The van der Waals surface area contributed by atoms with Gasteiger partial charge in [-0.05, 0) is 18.6 Å². The lowest BCUT2D eigenvalue weighted by Crippen LogP contribution is -2.38. The van der Waals surface area contributed by atoms with Crippen molar-refractivity contribution in [3.8, 4) is 0 Å². The van der Waals surface area contributed by atoms with E-state index in [1.807, 2.05) is 23.1 Å². The molecule has 17 heavy (non-hydrogen) atoms. The highest BCUT2D eigenvalue weighted by atomic mass is 32.2. The van der Waals surface area contributed by atoms with Crippen LogP contribution >= 0.6 is 23.1 Å². The zero-order valence-corrected chi connectivity index (χ0v) is 11.5. The van der Waals surface area contributed by atoms with Crippen molar-refractivity contribution in [1.82, 2.24) is 10.3 Å². The van der Waals surface area contributed by atoms with Crippen LogP contribution in [0.1, 0.15) is 10.6 Å². The Labute approximate surface area is 110 Å². The predicted molar refractivity (Wildman–Crippen MR) is 77.2 cm³/mol. The van der Waals surface area contributed by atoms with E-state index in [0.29, 0.717) is 6.04 Å². The summed E-state index contributed by atoms with van der Waals surface area (Å²) in [6.45, 7) is 3.28. The van der Waals surface area contributed by atoms with Crippen molar-refractivity contribution >= 4 is 33.3 Å². The van der Waals surface area contributed by atoms with Gasteiger partial charge in [0.2, 0.25) is 0 Å². The van der Waals surface area contributed by atoms with Crippen molar-refractivity contribution in [2.45, 2.75) is 19.4 Å². The van der Waals surface area contributed by atoms with Gasteiger partial charge in [0.15, 0.2) is 0 Å². The second kappa shape index (κ2) is 4.96. The fraction of sp³-hybridized carbons (Fsp3) is 0.462. The Morgan fingerprint density at radius 2 is 2.41 bits per heavy atom. The minimum atomic E-state index is 0.606. The van der Waals surface area contributed by atoms with E-state index >= 15 is 0 Å². The molecule has 1 aliphatic heterocycles. The number of fused-ring (bicyclic) bond motifs is 1. The van der Waals surface area contributed by atoms with E-state index < -0.39 is 0 Å². The molecule has 0 amide bonds. The van der Waals surface area contributed by atoms with Gasteiger partial charge in [0, 0.05) is 30.5 Å². The summed E-state index contributed by atoms with van der Waals surface area (Å²) in [4.78, 5) is 4.78. The summed E-state index contributed by atoms with van der Waals surface area (Å²) in [6.07, 6.45) is 1.08. The fourth-order valence-electron chi connectivity index (χ4n) is 2.18. The molecule has 1 saturated heterocycles. The number of hydrogen-bond donors (Lipinski definition) is 1. The Morgan fingerprint density at radius 3 is 3.18 bits per heavy atom. The van der Waals surface area contributed by atoms with Gasteiger partial charge in [-0.1, -0.05) is 12.1 Å². The zero-order valence-electron chi connectivity index (χ0n) is 9.90. The molecule has 1 unspecified atom stereocenters. The van der Waals surface area contributed by atoms with Crippen molar-refractivity contribution in [2.75, 3.05) is 18.1 Å². The summed E-state index contributed by atoms with van der Waals surface area (Å²) in [5.74, 6) is 2.46. The quantitative estimate of drug-likeness (QED) is 0.903. The molecule has 1 N–H and O–H groups in total. The van der Waals surface area contributed by atoms with Crippen molar-refractivity contribution in [3.05, 3.63) is 28.8 Å². The molecule has 3 rings (SSSR count). The van der Waals surface area contributed by atoms with Crippen molar-refractivity contribution < 1.29 is 0 Å². The molecule has 0 saturated carbocycles. The maximum atomic E-state index is 4.78. The molecule has 1 aliphatic rings.